The van der Waals surface area contributed by atoms with E-state index < -0.39 is 8.07 Å². The number of allylic oxidation sites excluding steroid dienone is 4. The zero-order valence-electron chi connectivity index (χ0n) is 17.7. The summed E-state index contributed by atoms with van der Waals surface area (Å²) in [5.41, 5.74) is 3.90. The van der Waals surface area contributed by atoms with Crippen LogP contribution in [0.25, 0.3) is 0 Å². The maximum Gasteiger partial charge on any atom is 0.338 e. The first-order valence-corrected chi connectivity index (χ1v) is 13.8. The predicted molar refractivity (Wildman–Crippen MR) is 111 cm³/mol. The van der Waals surface area contributed by atoms with Crippen molar-refractivity contribution in [1.82, 2.24) is 0 Å². The summed E-state index contributed by atoms with van der Waals surface area (Å²) in [7, 11) is -1.24. The van der Waals surface area contributed by atoms with Crippen LogP contribution in [0.4, 0.5) is 0 Å². The highest BCUT2D eigenvalue weighted by Crippen LogP contribution is 2.45. The van der Waals surface area contributed by atoms with Crippen molar-refractivity contribution in [2.45, 2.75) is 65.7 Å². The van der Waals surface area contributed by atoms with E-state index >= 15 is 0 Å². The number of cyclic esters (lactones) is 1. The highest BCUT2D eigenvalue weighted by molar-refractivity contribution is 6.76. The molecule has 0 aromatic carbocycles. The van der Waals surface area contributed by atoms with Gasteiger partial charge in [0.05, 0.1) is 18.8 Å². The molecule has 2 aliphatic rings. The average Bonchev–Trinajstić information content (AvgIpc) is 2.99. The SMILES string of the molecule is CCC1=C(C/C=C(/C=O)CC)C(OCC[Si](C)(C)C)=C2C(=O)OCC2C1C. The van der Waals surface area contributed by atoms with Gasteiger partial charge in [-0.1, -0.05) is 52.1 Å². The highest BCUT2D eigenvalue weighted by Gasteiger charge is 2.43. The third-order valence-electron chi connectivity index (χ3n) is 5.65. The Balaban J connectivity index is 2.44. The number of aldehydes is 1. The van der Waals surface area contributed by atoms with Gasteiger partial charge in [-0.15, -0.1) is 0 Å². The molecule has 1 aliphatic heterocycles. The zero-order valence-corrected chi connectivity index (χ0v) is 18.7. The van der Waals surface area contributed by atoms with Crippen LogP contribution in [0.3, 0.4) is 0 Å². The fourth-order valence-corrected chi connectivity index (χ4v) is 4.57. The quantitative estimate of drug-likeness (QED) is 0.239. The van der Waals surface area contributed by atoms with E-state index in [1.54, 1.807) is 0 Å². The van der Waals surface area contributed by atoms with Crippen LogP contribution in [0.1, 0.15) is 40.0 Å². The molecule has 0 saturated carbocycles. The van der Waals surface area contributed by atoms with Crippen molar-refractivity contribution < 1.29 is 19.1 Å². The first-order chi connectivity index (χ1) is 12.7. The number of fused-ring (bicyclic) bond motifs is 1. The molecule has 0 amide bonds. The number of carbonyl (C=O) groups is 2. The second-order valence-electron chi connectivity index (χ2n) is 8.71. The first kappa shape index (κ1) is 21.7. The van der Waals surface area contributed by atoms with E-state index in [1.165, 1.54) is 5.57 Å². The molecule has 0 radical (unpaired) electrons. The Morgan fingerprint density at radius 3 is 2.56 bits per heavy atom. The minimum atomic E-state index is -1.24. The maximum atomic E-state index is 12.5. The van der Waals surface area contributed by atoms with Crippen molar-refractivity contribution in [1.29, 1.82) is 0 Å². The Morgan fingerprint density at radius 1 is 1.30 bits per heavy atom. The zero-order chi connectivity index (χ0) is 20.2. The molecule has 27 heavy (non-hydrogen) atoms. The molecular weight excluding hydrogens is 356 g/mol. The van der Waals surface area contributed by atoms with Gasteiger partial charge in [0.25, 0.3) is 0 Å². The minimum absolute atomic E-state index is 0.0822. The van der Waals surface area contributed by atoms with Crippen molar-refractivity contribution in [3.8, 4) is 0 Å². The molecule has 0 spiro atoms. The molecule has 0 bridgehead atoms. The highest BCUT2D eigenvalue weighted by atomic mass is 28.3. The van der Waals surface area contributed by atoms with Crippen LogP contribution in [0.2, 0.25) is 25.7 Å². The Bertz CT molecular complexity index is 679. The summed E-state index contributed by atoms with van der Waals surface area (Å²) >= 11 is 0. The van der Waals surface area contributed by atoms with Crippen LogP contribution in [0, 0.1) is 11.8 Å². The van der Waals surface area contributed by atoms with Gasteiger partial charge in [-0.2, -0.15) is 0 Å². The molecule has 1 fully saturated rings. The molecule has 2 unspecified atom stereocenters. The van der Waals surface area contributed by atoms with Gasteiger partial charge in [-0.05, 0) is 42.4 Å². The first-order valence-electron chi connectivity index (χ1n) is 10.1. The minimum Gasteiger partial charge on any atom is -0.493 e. The lowest BCUT2D eigenvalue weighted by Crippen LogP contribution is -2.27. The van der Waals surface area contributed by atoms with Crippen molar-refractivity contribution in [2.75, 3.05) is 13.2 Å². The molecule has 0 aromatic rings. The van der Waals surface area contributed by atoms with Crippen LogP contribution in [-0.2, 0) is 19.1 Å². The molecule has 1 aliphatic carbocycles. The summed E-state index contributed by atoms with van der Waals surface area (Å²) in [5, 5.41) is 0. The van der Waals surface area contributed by atoms with E-state index in [4.69, 9.17) is 9.47 Å². The van der Waals surface area contributed by atoms with Gasteiger partial charge in [-0.3, -0.25) is 4.79 Å². The molecule has 4 nitrogen and oxygen atoms in total. The number of esters is 1. The van der Waals surface area contributed by atoms with E-state index in [2.05, 4.69) is 33.5 Å². The van der Waals surface area contributed by atoms with Crippen molar-refractivity contribution in [3.63, 3.8) is 0 Å². The van der Waals surface area contributed by atoms with E-state index in [1.807, 2.05) is 13.0 Å². The van der Waals surface area contributed by atoms with Crippen LogP contribution in [0.15, 0.2) is 34.1 Å². The number of carbonyl (C=O) groups excluding carboxylic acids is 2. The molecule has 0 N–H and O–H groups in total. The molecule has 2 rings (SSSR count). The van der Waals surface area contributed by atoms with E-state index in [9.17, 15) is 9.59 Å². The molecule has 5 heteroatoms. The fourth-order valence-electron chi connectivity index (χ4n) is 3.85. The molecule has 2 atom stereocenters. The normalized spacial score (nSPS) is 23.5. The van der Waals surface area contributed by atoms with Crippen LogP contribution in [0.5, 0.6) is 0 Å². The topological polar surface area (TPSA) is 52.6 Å². The van der Waals surface area contributed by atoms with E-state index in [0.717, 1.165) is 35.7 Å². The fraction of sp³-hybridized carbons (Fsp3) is 0.636. The van der Waals surface area contributed by atoms with Gasteiger partial charge in [0.15, 0.2) is 0 Å². The summed E-state index contributed by atoms with van der Waals surface area (Å²) in [6.45, 7) is 14.3. The number of ether oxygens (including phenoxy) is 2. The molecule has 0 aromatic heterocycles. The van der Waals surface area contributed by atoms with Crippen molar-refractivity contribution in [2.24, 2.45) is 11.8 Å². The summed E-state index contributed by atoms with van der Waals surface area (Å²) in [5.74, 6) is 0.829. The van der Waals surface area contributed by atoms with Crippen LogP contribution >= 0.6 is 0 Å². The predicted octanol–water partition coefficient (Wildman–Crippen LogP) is 5.05. The van der Waals surface area contributed by atoms with Crippen LogP contribution in [-0.4, -0.2) is 33.5 Å². The summed E-state index contributed by atoms with van der Waals surface area (Å²) in [4.78, 5) is 23.7. The Kier molecular flexibility index (Phi) is 7.26. The third kappa shape index (κ3) is 5.01. The maximum absolute atomic E-state index is 12.5. The van der Waals surface area contributed by atoms with Gasteiger partial charge in [-0.25, -0.2) is 4.79 Å². The number of rotatable bonds is 9. The monoisotopic (exact) mass is 390 g/mol. The van der Waals surface area contributed by atoms with E-state index in [0.29, 0.717) is 31.6 Å². The van der Waals surface area contributed by atoms with Gasteiger partial charge < -0.3 is 9.47 Å². The lowest BCUT2D eigenvalue weighted by Gasteiger charge is -2.32. The second-order valence-corrected chi connectivity index (χ2v) is 14.3. The lowest BCUT2D eigenvalue weighted by molar-refractivity contribution is -0.135. The van der Waals surface area contributed by atoms with Gasteiger partial charge in [0, 0.05) is 14.0 Å². The Labute approximate surface area is 164 Å². The smallest absolute Gasteiger partial charge is 0.338 e. The third-order valence-corrected chi connectivity index (χ3v) is 7.36. The van der Waals surface area contributed by atoms with Gasteiger partial charge >= 0.3 is 5.97 Å². The summed E-state index contributed by atoms with van der Waals surface area (Å²) in [6, 6.07) is 1.04. The molecule has 1 saturated heterocycles. The van der Waals surface area contributed by atoms with Crippen LogP contribution < -0.4 is 0 Å². The summed E-state index contributed by atoms with van der Waals surface area (Å²) in [6.07, 6.45) is 5.14. The van der Waals surface area contributed by atoms with Gasteiger partial charge in [0.2, 0.25) is 0 Å². The standard InChI is InChI=1S/C22H34O4Si/c1-7-16(13-23)9-10-18-17(8-2)15(3)19-14-26-22(24)20(19)21(18)25-11-12-27(4,5)6/h9,13,15,19H,7-8,10-12,14H2,1-6H3/b16-9+. The number of hydrogen-bond acceptors (Lipinski definition) is 4. The summed E-state index contributed by atoms with van der Waals surface area (Å²) < 4.78 is 11.7. The Morgan fingerprint density at radius 2 is 2.00 bits per heavy atom. The molecule has 150 valence electrons. The van der Waals surface area contributed by atoms with E-state index in [-0.39, 0.29) is 17.8 Å². The molecular formula is C22H34O4Si. The largest absolute Gasteiger partial charge is 0.493 e. The van der Waals surface area contributed by atoms with Gasteiger partial charge in [0.1, 0.15) is 12.0 Å². The van der Waals surface area contributed by atoms with Crippen molar-refractivity contribution >= 4 is 20.3 Å². The molecule has 1 heterocycles. The van der Waals surface area contributed by atoms with Crippen molar-refractivity contribution in [3.05, 3.63) is 34.1 Å². The number of hydrogen-bond donors (Lipinski definition) is 0. The second kappa shape index (κ2) is 9.05. The lowest BCUT2D eigenvalue weighted by atomic mass is 9.74. The Hall–Kier alpha value is -1.62. The average molecular weight is 391 g/mol.